The van der Waals surface area contributed by atoms with Gasteiger partial charge in [-0.05, 0) is 45.0 Å². The van der Waals surface area contributed by atoms with Gasteiger partial charge in [0.2, 0.25) is 0 Å². The number of aliphatic imine (C=N–C) groups is 1. The van der Waals surface area contributed by atoms with Crippen LogP contribution in [0.15, 0.2) is 53.5 Å². The minimum absolute atomic E-state index is 0. The van der Waals surface area contributed by atoms with Crippen LogP contribution in [0.25, 0.3) is 5.69 Å². The van der Waals surface area contributed by atoms with Crippen LogP contribution >= 0.6 is 24.0 Å². The van der Waals surface area contributed by atoms with Crippen molar-refractivity contribution in [1.29, 1.82) is 0 Å². The van der Waals surface area contributed by atoms with Gasteiger partial charge in [0.25, 0.3) is 0 Å². The Morgan fingerprint density at radius 2 is 1.78 bits per heavy atom. The molecule has 2 aromatic carbocycles. The Labute approximate surface area is 207 Å². The number of nitrogens with zero attached hydrogens (tertiary/aromatic N) is 3. The van der Waals surface area contributed by atoms with E-state index < -0.39 is 0 Å². The Morgan fingerprint density at radius 1 is 1.03 bits per heavy atom. The molecule has 1 heterocycles. The van der Waals surface area contributed by atoms with Crippen LogP contribution in [0.2, 0.25) is 0 Å². The van der Waals surface area contributed by atoms with Crippen LogP contribution in [0, 0.1) is 13.8 Å². The van der Waals surface area contributed by atoms with Crippen LogP contribution in [-0.2, 0) is 13.1 Å². The number of hydrogen-bond donors (Lipinski definition) is 2. The third kappa shape index (κ3) is 6.15. The predicted octanol–water partition coefficient (Wildman–Crippen LogP) is 4.38. The van der Waals surface area contributed by atoms with E-state index >= 15 is 0 Å². The van der Waals surface area contributed by atoms with Gasteiger partial charge in [0.05, 0.1) is 32.1 Å². The minimum Gasteiger partial charge on any atom is -0.497 e. The normalized spacial score (nSPS) is 11.0. The first-order valence-corrected chi connectivity index (χ1v) is 10.4. The number of para-hydroxylation sites is 1. The van der Waals surface area contributed by atoms with Crippen molar-refractivity contribution in [3.05, 3.63) is 71.0 Å². The molecule has 0 aliphatic heterocycles. The molecular formula is C24H32IN5O2. The van der Waals surface area contributed by atoms with Crippen molar-refractivity contribution in [3.63, 3.8) is 0 Å². The van der Waals surface area contributed by atoms with Crippen molar-refractivity contribution in [2.75, 3.05) is 20.8 Å². The molecule has 7 nitrogen and oxygen atoms in total. The first-order chi connectivity index (χ1) is 15.1. The molecule has 0 spiro atoms. The summed E-state index contributed by atoms with van der Waals surface area (Å²) in [5, 5.41) is 11.5. The molecule has 0 saturated carbocycles. The molecule has 3 rings (SSSR count). The lowest BCUT2D eigenvalue weighted by Crippen LogP contribution is -2.37. The average Bonchev–Trinajstić information content (AvgIpc) is 3.09. The maximum absolute atomic E-state index is 5.48. The average molecular weight is 549 g/mol. The summed E-state index contributed by atoms with van der Waals surface area (Å²) in [6.07, 6.45) is 0. The SMILES string of the molecule is CCNC(=NCc1ccc(OC)cc1OC)NCc1c(C)nn(-c2ccccc2)c1C.I. The van der Waals surface area contributed by atoms with E-state index in [9.17, 15) is 0 Å². The number of methoxy groups -OCH3 is 2. The quantitative estimate of drug-likeness (QED) is 0.248. The third-order valence-electron chi connectivity index (χ3n) is 5.12. The monoisotopic (exact) mass is 549 g/mol. The number of benzene rings is 2. The Morgan fingerprint density at radius 3 is 2.44 bits per heavy atom. The number of aryl methyl sites for hydroxylation is 1. The third-order valence-corrected chi connectivity index (χ3v) is 5.12. The highest BCUT2D eigenvalue weighted by Crippen LogP contribution is 2.25. The number of nitrogens with one attached hydrogen (secondary N) is 2. The first kappa shape index (κ1) is 25.5. The number of rotatable bonds is 8. The highest BCUT2D eigenvalue weighted by Gasteiger charge is 2.13. The van der Waals surface area contributed by atoms with Gasteiger partial charge < -0.3 is 20.1 Å². The van der Waals surface area contributed by atoms with E-state index in [2.05, 4.69) is 36.6 Å². The van der Waals surface area contributed by atoms with Gasteiger partial charge in [-0.15, -0.1) is 24.0 Å². The van der Waals surface area contributed by atoms with Crippen LogP contribution in [0.3, 0.4) is 0 Å². The lowest BCUT2D eigenvalue weighted by Gasteiger charge is -2.13. The summed E-state index contributed by atoms with van der Waals surface area (Å²) in [4.78, 5) is 4.73. The van der Waals surface area contributed by atoms with Crippen molar-refractivity contribution < 1.29 is 9.47 Å². The Balaban J connectivity index is 0.00000363. The molecule has 2 N–H and O–H groups in total. The first-order valence-electron chi connectivity index (χ1n) is 10.4. The Kier molecular flexibility index (Phi) is 9.83. The van der Waals surface area contributed by atoms with Crippen LogP contribution < -0.4 is 20.1 Å². The van der Waals surface area contributed by atoms with Crippen molar-refractivity contribution in [2.45, 2.75) is 33.9 Å². The highest BCUT2D eigenvalue weighted by atomic mass is 127. The summed E-state index contributed by atoms with van der Waals surface area (Å²) in [6.45, 7) is 8.08. The van der Waals surface area contributed by atoms with Gasteiger partial charge in [-0.25, -0.2) is 9.67 Å². The smallest absolute Gasteiger partial charge is 0.191 e. The van der Waals surface area contributed by atoms with Crippen LogP contribution in [0.1, 0.15) is 29.4 Å². The van der Waals surface area contributed by atoms with Crippen molar-refractivity contribution in [3.8, 4) is 17.2 Å². The van der Waals surface area contributed by atoms with Gasteiger partial charge in [0.15, 0.2) is 5.96 Å². The molecule has 3 aromatic rings. The lowest BCUT2D eigenvalue weighted by molar-refractivity contribution is 0.391. The molecule has 0 unspecified atom stereocenters. The van der Waals surface area contributed by atoms with E-state index in [4.69, 9.17) is 19.6 Å². The molecule has 0 bridgehead atoms. The van der Waals surface area contributed by atoms with Crippen molar-refractivity contribution in [1.82, 2.24) is 20.4 Å². The van der Waals surface area contributed by atoms with Gasteiger partial charge in [-0.3, -0.25) is 0 Å². The second kappa shape index (κ2) is 12.3. The molecule has 0 fully saturated rings. The number of ether oxygens (including phenoxy) is 2. The van der Waals surface area contributed by atoms with E-state index in [1.54, 1.807) is 14.2 Å². The second-order valence-electron chi connectivity index (χ2n) is 7.12. The fraction of sp³-hybridized carbons (Fsp3) is 0.333. The number of aromatic nitrogens is 2. The van der Waals surface area contributed by atoms with Crippen molar-refractivity contribution >= 4 is 29.9 Å². The topological polar surface area (TPSA) is 72.7 Å². The molecule has 8 heteroatoms. The Hall–Kier alpha value is -2.75. The summed E-state index contributed by atoms with van der Waals surface area (Å²) in [5.74, 6) is 2.26. The zero-order valence-electron chi connectivity index (χ0n) is 19.3. The summed E-state index contributed by atoms with van der Waals surface area (Å²) >= 11 is 0. The van der Waals surface area contributed by atoms with Gasteiger partial charge in [0.1, 0.15) is 11.5 Å². The zero-order valence-corrected chi connectivity index (χ0v) is 21.6. The molecular weight excluding hydrogens is 517 g/mol. The molecule has 0 saturated heterocycles. The molecule has 0 atom stereocenters. The Bertz CT molecular complexity index is 1030. The predicted molar refractivity (Wildman–Crippen MR) is 140 cm³/mol. The molecule has 32 heavy (non-hydrogen) atoms. The number of halogens is 1. The van der Waals surface area contributed by atoms with Gasteiger partial charge >= 0.3 is 0 Å². The van der Waals surface area contributed by atoms with E-state index in [0.29, 0.717) is 13.1 Å². The lowest BCUT2D eigenvalue weighted by atomic mass is 10.2. The van der Waals surface area contributed by atoms with Crippen LogP contribution in [0.4, 0.5) is 0 Å². The van der Waals surface area contributed by atoms with Crippen molar-refractivity contribution in [2.24, 2.45) is 4.99 Å². The maximum Gasteiger partial charge on any atom is 0.191 e. The highest BCUT2D eigenvalue weighted by molar-refractivity contribution is 14.0. The number of guanidine groups is 1. The molecule has 1 aromatic heterocycles. The molecule has 0 aliphatic rings. The summed E-state index contributed by atoms with van der Waals surface area (Å²) in [6, 6.07) is 15.9. The fourth-order valence-corrected chi connectivity index (χ4v) is 3.41. The standard InChI is InChI=1S/C24H31N5O2.HI/c1-6-25-24(26-15-19-12-13-21(30-4)14-23(19)31-5)27-16-22-17(2)28-29(18(22)3)20-10-8-7-9-11-20;/h7-14H,6,15-16H2,1-5H3,(H2,25,26,27);1H. The maximum atomic E-state index is 5.48. The van der Waals surface area contributed by atoms with Gasteiger partial charge in [-0.2, -0.15) is 5.10 Å². The zero-order chi connectivity index (χ0) is 22.2. The van der Waals surface area contributed by atoms with E-state index in [1.165, 1.54) is 0 Å². The van der Waals surface area contributed by atoms with E-state index in [-0.39, 0.29) is 24.0 Å². The molecule has 0 aliphatic carbocycles. The number of hydrogen-bond acceptors (Lipinski definition) is 4. The summed E-state index contributed by atoms with van der Waals surface area (Å²) in [7, 11) is 3.30. The second-order valence-corrected chi connectivity index (χ2v) is 7.12. The summed E-state index contributed by atoms with van der Waals surface area (Å²) in [5.41, 5.74) is 5.33. The van der Waals surface area contributed by atoms with E-state index in [1.807, 2.05) is 48.0 Å². The molecule has 172 valence electrons. The molecule has 0 radical (unpaired) electrons. The van der Waals surface area contributed by atoms with Crippen LogP contribution in [0.5, 0.6) is 11.5 Å². The van der Waals surface area contributed by atoms with E-state index in [0.717, 1.165) is 52.2 Å². The fourth-order valence-electron chi connectivity index (χ4n) is 3.41. The van der Waals surface area contributed by atoms with Crippen LogP contribution in [-0.4, -0.2) is 36.5 Å². The summed E-state index contributed by atoms with van der Waals surface area (Å²) < 4.78 is 12.7. The van der Waals surface area contributed by atoms with Gasteiger partial charge in [0, 0.05) is 36.0 Å². The largest absolute Gasteiger partial charge is 0.497 e. The minimum atomic E-state index is 0. The molecule has 0 amide bonds. The van der Waals surface area contributed by atoms with Gasteiger partial charge in [-0.1, -0.05) is 18.2 Å².